The fourth-order valence-corrected chi connectivity index (χ4v) is 3.31. The molecule has 32 heavy (non-hydrogen) atoms. The maximum Gasteiger partial charge on any atom is 0.407 e. The second kappa shape index (κ2) is 11.5. The third-order valence-corrected chi connectivity index (χ3v) is 5.11. The minimum Gasteiger partial charge on any atom is -0.445 e. The number of carbonyl (C=O) groups excluding carboxylic acids is 2. The fourth-order valence-electron chi connectivity index (χ4n) is 3.18. The molecular weight excluding hydrogens is 436 g/mol. The van der Waals surface area contributed by atoms with Crippen LogP contribution < -0.4 is 32.7 Å². The monoisotopic (exact) mass is 462 g/mol. The Hall–Kier alpha value is -3.15. The number of alkyl carbamates (subject to hydrolysis) is 1. The summed E-state index contributed by atoms with van der Waals surface area (Å²) in [5.74, 6) is -0.633. The smallest absolute Gasteiger partial charge is 0.407 e. The summed E-state index contributed by atoms with van der Waals surface area (Å²) in [6.45, 7) is 1.46. The van der Waals surface area contributed by atoms with E-state index in [1.54, 1.807) is 0 Å². The first-order valence-electron chi connectivity index (χ1n) is 10.3. The third kappa shape index (κ3) is 6.94. The van der Waals surface area contributed by atoms with Gasteiger partial charge < -0.3 is 26.8 Å². The van der Waals surface area contributed by atoms with Gasteiger partial charge in [0.25, 0.3) is 5.91 Å². The van der Waals surface area contributed by atoms with E-state index in [0.29, 0.717) is 13.1 Å². The first-order chi connectivity index (χ1) is 15.4. The highest BCUT2D eigenvalue weighted by Crippen LogP contribution is 2.17. The zero-order valence-corrected chi connectivity index (χ0v) is 18.2. The Morgan fingerprint density at radius 1 is 1.16 bits per heavy atom. The number of anilines is 2. The van der Waals surface area contributed by atoms with Crippen molar-refractivity contribution in [3.63, 3.8) is 0 Å². The number of hydrogen-bond donors (Lipinski definition) is 6. The third-order valence-electron chi connectivity index (χ3n) is 4.83. The summed E-state index contributed by atoms with van der Waals surface area (Å²) in [6.07, 6.45) is 1.71. The Kier molecular flexibility index (Phi) is 8.42. The molecule has 2 unspecified atom stereocenters. The molecular formula is C20H27ClN8O3. The number of nitrogen functional groups attached to an aromatic ring is 2. The predicted octanol–water partition coefficient (Wildman–Crippen LogP) is 0.966. The van der Waals surface area contributed by atoms with Crippen LogP contribution in [0.4, 0.5) is 16.4 Å². The van der Waals surface area contributed by atoms with Crippen LogP contribution in [0.1, 0.15) is 35.3 Å². The minimum atomic E-state index is -0.513. The van der Waals surface area contributed by atoms with Gasteiger partial charge in [0.1, 0.15) is 12.9 Å². The fraction of sp³-hybridized carbons (Fsp3) is 0.400. The van der Waals surface area contributed by atoms with Crippen molar-refractivity contribution in [3.05, 3.63) is 46.7 Å². The molecule has 172 valence electrons. The van der Waals surface area contributed by atoms with Gasteiger partial charge >= 0.3 is 6.09 Å². The lowest BCUT2D eigenvalue weighted by molar-refractivity contribution is 0.0923. The molecule has 1 aromatic heterocycles. The molecule has 1 aliphatic rings. The summed E-state index contributed by atoms with van der Waals surface area (Å²) in [7, 11) is 0. The number of hydrogen-bond acceptors (Lipinski definition) is 9. The Bertz CT molecular complexity index is 931. The van der Waals surface area contributed by atoms with Crippen LogP contribution in [0.3, 0.4) is 0 Å². The van der Waals surface area contributed by atoms with E-state index in [1.807, 2.05) is 30.3 Å². The average Bonchev–Trinajstić information content (AvgIpc) is 3.22. The van der Waals surface area contributed by atoms with Crippen LogP contribution in [0.25, 0.3) is 0 Å². The Morgan fingerprint density at radius 2 is 1.94 bits per heavy atom. The highest BCUT2D eigenvalue weighted by Gasteiger charge is 2.26. The van der Waals surface area contributed by atoms with Crippen molar-refractivity contribution in [1.82, 2.24) is 31.2 Å². The molecule has 2 amide bonds. The highest BCUT2D eigenvalue weighted by atomic mass is 35.5. The molecule has 2 heterocycles. The Balaban J connectivity index is 1.29. The van der Waals surface area contributed by atoms with Crippen molar-refractivity contribution in [2.24, 2.45) is 0 Å². The number of carbonyl (C=O) groups is 2. The molecule has 2 atom stereocenters. The van der Waals surface area contributed by atoms with Crippen LogP contribution in [-0.4, -0.2) is 47.4 Å². The Labute approximate surface area is 190 Å². The van der Waals surface area contributed by atoms with Crippen LogP contribution in [0.15, 0.2) is 30.3 Å². The van der Waals surface area contributed by atoms with Gasteiger partial charge in [-0.05, 0) is 18.4 Å². The van der Waals surface area contributed by atoms with E-state index in [2.05, 4.69) is 31.2 Å². The van der Waals surface area contributed by atoms with Crippen LogP contribution >= 0.6 is 11.6 Å². The molecule has 11 nitrogen and oxygen atoms in total. The first kappa shape index (κ1) is 23.5. The topological polar surface area (TPSA) is 169 Å². The molecule has 12 heteroatoms. The van der Waals surface area contributed by atoms with Crippen molar-refractivity contribution in [3.8, 4) is 0 Å². The number of benzene rings is 1. The lowest BCUT2D eigenvalue weighted by atomic mass is 10.1. The number of aromatic nitrogens is 2. The van der Waals surface area contributed by atoms with Gasteiger partial charge in [-0.25, -0.2) is 14.8 Å². The van der Waals surface area contributed by atoms with Gasteiger partial charge in [-0.3, -0.25) is 15.4 Å². The lowest BCUT2D eigenvalue weighted by Gasteiger charge is -2.15. The number of amides is 2. The number of nitrogens with zero attached hydrogens (tertiary/aromatic N) is 2. The standard InChI is InChI=1S/C20H27ClN8O3/c21-15-17(23)28-16(22)14(27-15)18(30)29-19-25-10-13(26-19)8-4-5-9-24-20(31)32-11-12-6-2-1-3-7-12/h1-3,6-7,13,19,25-26H,4-5,8-11H2,(H,24,31)(H,29,30)(H4,22,23,28). The SMILES string of the molecule is Nc1nc(N)c(C(=O)NC2NCC(CCCCNC(=O)OCc3ccccc3)N2)nc1Cl. The van der Waals surface area contributed by atoms with E-state index < -0.39 is 18.3 Å². The number of nitrogens with two attached hydrogens (primary N) is 2. The van der Waals surface area contributed by atoms with E-state index in [4.69, 9.17) is 27.8 Å². The summed E-state index contributed by atoms with van der Waals surface area (Å²) in [5, 5.41) is 11.8. The molecule has 8 N–H and O–H groups in total. The van der Waals surface area contributed by atoms with Gasteiger partial charge in [-0.15, -0.1) is 0 Å². The molecule has 0 radical (unpaired) electrons. The number of halogens is 1. The van der Waals surface area contributed by atoms with Crippen LogP contribution in [0.5, 0.6) is 0 Å². The summed E-state index contributed by atoms with van der Waals surface area (Å²) in [4.78, 5) is 31.8. The quantitative estimate of drug-likeness (QED) is 0.297. The van der Waals surface area contributed by atoms with Crippen LogP contribution in [0.2, 0.25) is 5.15 Å². The van der Waals surface area contributed by atoms with Gasteiger partial charge in [0, 0.05) is 19.1 Å². The number of ether oxygens (including phenoxy) is 1. The molecule has 0 saturated carbocycles. The summed E-state index contributed by atoms with van der Waals surface area (Å²) < 4.78 is 5.17. The van der Waals surface area contributed by atoms with Crippen molar-refractivity contribution in [1.29, 1.82) is 0 Å². The second-order valence-corrected chi connectivity index (χ2v) is 7.65. The van der Waals surface area contributed by atoms with Crippen LogP contribution in [-0.2, 0) is 11.3 Å². The molecule has 3 rings (SSSR count). The van der Waals surface area contributed by atoms with E-state index >= 15 is 0 Å². The highest BCUT2D eigenvalue weighted by molar-refractivity contribution is 6.31. The van der Waals surface area contributed by atoms with Gasteiger partial charge in [0.15, 0.2) is 22.5 Å². The van der Waals surface area contributed by atoms with Gasteiger partial charge in [0.2, 0.25) is 0 Å². The van der Waals surface area contributed by atoms with Gasteiger partial charge in [-0.2, -0.15) is 0 Å². The number of unbranched alkanes of at least 4 members (excludes halogenated alkanes) is 1. The molecule has 0 bridgehead atoms. The maximum atomic E-state index is 12.4. The van der Waals surface area contributed by atoms with Crippen LogP contribution in [0, 0.1) is 0 Å². The number of rotatable bonds is 9. The summed E-state index contributed by atoms with van der Waals surface area (Å²) >= 11 is 5.82. The van der Waals surface area contributed by atoms with Gasteiger partial charge in [-0.1, -0.05) is 48.4 Å². The normalized spacial score (nSPS) is 17.7. The second-order valence-electron chi connectivity index (χ2n) is 7.30. The summed E-state index contributed by atoms with van der Waals surface area (Å²) in [5.41, 5.74) is 12.1. The number of nitrogens with one attached hydrogen (secondary N) is 4. The molecule has 2 aromatic rings. The summed E-state index contributed by atoms with van der Waals surface area (Å²) in [6, 6.07) is 9.68. The largest absolute Gasteiger partial charge is 0.445 e. The zero-order chi connectivity index (χ0) is 22.9. The van der Waals surface area contributed by atoms with Crippen molar-refractivity contribution in [2.45, 2.75) is 38.2 Å². The molecule has 0 spiro atoms. The zero-order valence-electron chi connectivity index (χ0n) is 17.4. The van der Waals surface area contributed by atoms with E-state index in [9.17, 15) is 9.59 Å². The molecule has 1 saturated heterocycles. The molecule has 1 fully saturated rings. The lowest BCUT2D eigenvalue weighted by Crippen LogP contribution is -2.49. The van der Waals surface area contributed by atoms with E-state index in [-0.39, 0.29) is 35.1 Å². The minimum absolute atomic E-state index is 0.0307. The van der Waals surface area contributed by atoms with Crippen molar-refractivity contribution in [2.75, 3.05) is 24.6 Å². The van der Waals surface area contributed by atoms with E-state index in [1.165, 1.54) is 0 Å². The first-order valence-corrected chi connectivity index (χ1v) is 10.6. The average molecular weight is 463 g/mol. The van der Waals surface area contributed by atoms with Crippen molar-refractivity contribution < 1.29 is 14.3 Å². The van der Waals surface area contributed by atoms with Gasteiger partial charge in [0.05, 0.1) is 0 Å². The predicted molar refractivity (Wildman–Crippen MR) is 121 cm³/mol. The molecule has 0 aliphatic carbocycles. The Morgan fingerprint density at radius 3 is 2.72 bits per heavy atom. The van der Waals surface area contributed by atoms with Crippen molar-refractivity contribution >= 4 is 35.2 Å². The molecule has 1 aromatic carbocycles. The van der Waals surface area contributed by atoms with E-state index in [0.717, 1.165) is 24.8 Å². The molecule has 1 aliphatic heterocycles. The maximum absolute atomic E-state index is 12.4.